The van der Waals surface area contributed by atoms with Gasteiger partial charge in [0.1, 0.15) is 6.04 Å². The van der Waals surface area contributed by atoms with Crippen molar-refractivity contribution in [2.24, 2.45) is 5.92 Å². The fourth-order valence-corrected chi connectivity index (χ4v) is 2.19. The Balaban J connectivity index is 2.11. The number of nitrogens with one attached hydrogen (secondary N) is 2. The van der Waals surface area contributed by atoms with E-state index in [0.717, 1.165) is 5.56 Å². The number of rotatable bonds is 7. The average molecular weight is 328 g/mol. The molecule has 128 valence electrons. The largest absolute Gasteiger partial charge is 0.459 e. The van der Waals surface area contributed by atoms with Gasteiger partial charge in [-0.2, -0.15) is 0 Å². The third-order valence-electron chi connectivity index (χ3n) is 4.02. The van der Waals surface area contributed by atoms with Crippen LogP contribution in [0.2, 0.25) is 0 Å². The molecule has 2 rings (SSSR count). The van der Waals surface area contributed by atoms with Gasteiger partial charge < -0.3 is 15.1 Å². The molecule has 2 N–H and O–H groups in total. The van der Waals surface area contributed by atoms with Crippen LogP contribution in [-0.4, -0.2) is 23.9 Å². The first kappa shape index (κ1) is 17.8. The second-order valence-corrected chi connectivity index (χ2v) is 6.23. The van der Waals surface area contributed by atoms with Crippen LogP contribution in [0.15, 0.2) is 53.1 Å². The lowest BCUT2D eigenvalue weighted by molar-refractivity contribution is -0.123. The molecule has 1 heterocycles. The van der Waals surface area contributed by atoms with E-state index >= 15 is 0 Å². The number of benzene rings is 1. The number of furan rings is 1. The number of hydrogen-bond donors (Lipinski definition) is 2. The summed E-state index contributed by atoms with van der Waals surface area (Å²) in [5.74, 6) is -0.0851. The van der Waals surface area contributed by atoms with Gasteiger partial charge in [-0.05, 0) is 30.5 Å². The van der Waals surface area contributed by atoms with Gasteiger partial charge >= 0.3 is 0 Å². The van der Waals surface area contributed by atoms with Gasteiger partial charge in [0.25, 0.3) is 5.91 Å². The minimum Gasteiger partial charge on any atom is -0.459 e. The van der Waals surface area contributed by atoms with Crippen molar-refractivity contribution in [1.29, 1.82) is 0 Å². The molecule has 0 spiro atoms. The zero-order valence-corrected chi connectivity index (χ0v) is 14.3. The Labute approximate surface area is 142 Å². The average Bonchev–Trinajstić information content (AvgIpc) is 3.09. The van der Waals surface area contributed by atoms with Crippen LogP contribution in [0.3, 0.4) is 0 Å². The van der Waals surface area contributed by atoms with E-state index in [1.165, 1.54) is 6.26 Å². The lowest BCUT2D eigenvalue weighted by Gasteiger charge is -2.23. The standard InChI is InChI=1S/C19H24N2O3/c1-13(2)14(3)20-18(22)16(12-15-8-5-4-6-9-15)21-19(23)17-10-7-11-24-17/h4-11,13-14,16H,12H2,1-3H3,(H,20,22)(H,21,23). The molecule has 0 aliphatic rings. The monoisotopic (exact) mass is 328 g/mol. The van der Waals surface area contributed by atoms with Gasteiger partial charge in [0, 0.05) is 12.5 Å². The van der Waals surface area contributed by atoms with Crippen LogP contribution in [0.25, 0.3) is 0 Å². The Morgan fingerprint density at radius 3 is 2.29 bits per heavy atom. The van der Waals surface area contributed by atoms with Gasteiger partial charge in [-0.1, -0.05) is 44.2 Å². The van der Waals surface area contributed by atoms with Crippen molar-refractivity contribution >= 4 is 11.8 Å². The minimum atomic E-state index is -0.661. The van der Waals surface area contributed by atoms with Crippen LogP contribution >= 0.6 is 0 Å². The summed E-state index contributed by atoms with van der Waals surface area (Å²) in [7, 11) is 0. The fourth-order valence-electron chi connectivity index (χ4n) is 2.19. The number of carbonyl (C=O) groups excluding carboxylic acids is 2. The summed E-state index contributed by atoms with van der Waals surface area (Å²) in [4.78, 5) is 24.9. The maximum atomic E-state index is 12.6. The highest BCUT2D eigenvalue weighted by atomic mass is 16.3. The summed E-state index contributed by atoms with van der Waals surface area (Å²) >= 11 is 0. The fraction of sp³-hybridized carbons (Fsp3) is 0.368. The molecule has 0 fully saturated rings. The predicted octanol–water partition coefficient (Wildman–Crippen LogP) is 2.78. The topological polar surface area (TPSA) is 71.3 Å². The van der Waals surface area contributed by atoms with Gasteiger partial charge in [0.05, 0.1) is 6.26 Å². The molecule has 0 saturated carbocycles. The van der Waals surface area contributed by atoms with Crippen molar-refractivity contribution < 1.29 is 14.0 Å². The maximum Gasteiger partial charge on any atom is 0.287 e. The molecule has 2 atom stereocenters. The van der Waals surface area contributed by atoms with Gasteiger partial charge in [-0.25, -0.2) is 0 Å². The summed E-state index contributed by atoms with van der Waals surface area (Å²) < 4.78 is 5.10. The number of hydrogen-bond acceptors (Lipinski definition) is 3. The molecule has 0 bridgehead atoms. The quantitative estimate of drug-likeness (QED) is 0.821. The maximum absolute atomic E-state index is 12.6. The Morgan fingerprint density at radius 1 is 1.00 bits per heavy atom. The molecule has 2 unspecified atom stereocenters. The van der Waals surface area contributed by atoms with Crippen LogP contribution in [0, 0.1) is 5.92 Å². The van der Waals surface area contributed by atoms with E-state index in [-0.39, 0.29) is 17.7 Å². The summed E-state index contributed by atoms with van der Waals surface area (Å²) in [5.41, 5.74) is 0.981. The molecular formula is C19H24N2O3. The van der Waals surface area contributed by atoms with Crippen LogP contribution in [0.1, 0.15) is 36.9 Å². The second kappa shape index (κ2) is 8.34. The molecule has 2 amide bonds. The highest BCUT2D eigenvalue weighted by molar-refractivity contribution is 5.95. The van der Waals surface area contributed by atoms with Gasteiger partial charge in [-0.15, -0.1) is 0 Å². The summed E-state index contributed by atoms with van der Waals surface area (Å²) in [6.07, 6.45) is 1.85. The molecule has 0 aliphatic heterocycles. The Kier molecular flexibility index (Phi) is 6.18. The highest BCUT2D eigenvalue weighted by Gasteiger charge is 2.24. The zero-order valence-electron chi connectivity index (χ0n) is 14.3. The third kappa shape index (κ3) is 4.98. The SMILES string of the molecule is CC(C)C(C)NC(=O)C(Cc1ccccc1)NC(=O)c1ccco1. The Bertz CT molecular complexity index is 651. The van der Waals surface area contributed by atoms with E-state index in [2.05, 4.69) is 10.6 Å². The smallest absolute Gasteiger partial charge is 0.287 e. The first-order valence-electron chi connectivity index (χ1n) is 8.16. The van der Waals surface area contributed by atoms with E-state index in [9.17, 15) is 9.59 Å². The molecule has 0 radical (unpaired) electrons. The summed E-state index contributed by atoms with van der Waals surface area (Å²) in [6.45, 7) is 6.04. The first-order chi connectivity index (χ1) is 11.5. The van der Waals surface area contributed by atoms with Gasteiger partial charge in [0.2, 0.25) is 5.91 Å². The van der Waals surface area contributed by atoms with E-state index < -0.39 is 11.9 Å². The predicted molar refractivity (Wildman–Crippen MR) is 92.6 cm³/mol. The van der Waals surface area contributed by atoms with E-state index in [0.29, 0.717) is 12.3 Å². The number of amides is 2. The molecular weight excluding hydrogens is 304 g/mol. The third-order valence-corrected chi connectivity index (χ3v) is 4.02. The lowest BCUT2D eigenvalue weighted by Crippen LogP contribution is -2.51. The van der Waals surface area contributed by atoms with Crippen molar-refractivity contribution in [3.63, 3.8) is 0 Å². The molecule has 5 heteroatoms. The van der Waals surface area contributed by atoms with Gasteiger partial charge in [0.15, 0.2) is 5.76 Å². The van der Waals surface area contributed by atoms with E-state index in [4.69, 9.17) is 4.42 Å². The minimum absolute atomic E-state index is 0.0243. The van der Waals surface area contributed by atoms with Crippen LogP contribution in [-0.2, 0) is 11.2 Å². The molecule has 1 aromatic carbocycles. The Morgan fingerprint density at radius 2 is 1.71 bits per heavy atom. The van der Waals surface area contributed by atoms with Crippen LogP contribution in [0.4, 0.5) is 0 Å². The number of carbonyl (C=O) groups is 2. The van der Waals surface area contributed by atoms with Crippen LogP contribution < -0.4 is 10.6 Å². The zero-order chi connectivity index (χ0) is 17.5. The highest BCUT2D eigenvalue weighted by Crippen LogP contribution is 2.07. The van der Waals surface area contributed by atoms with Crippen LogP contribution in [0.5, 0.6) is 0 Å². The molecule has 1 aromatic heterocycles. The molecule has 2 aromatic rings. The van der Waals surface area contributed by atoms with E-state index in [1.54, 1.807) is 12.1 Å². The van der Waals surface area contributed by atoms with E-state index in [1.807, 2.05) is 51.1 Å². The van der Waals surface area contributed by atoms with Crippen molar-refractivity contribution in [2.45, 2.75) is 39.3 Å². The van der Waals surface area contributed by atoms with Crippen molar-refractivity contribution in [1.82, 2.24) is 10.6 Å². The molecule has 5 nitrogen and oxygen atoms in total. The molecule has 24 heavy (non-hydrogen) atoms. The van der Waals surface area contributed by atoms with Gasteiger partial charge in [-0.3, -0.25) is 9.59 Å². The van der Waals surface area contributed by atoms with Crippen molar-refractivity contribution in [2.75, 3.05) is 0 Å². The Hall–Kier alpha value is -2.56. The second-order valence-electron chi connectivity index (χ2n) is 6.23. The first-order valence-corrected chi connectivity index (χ1v) is 8.16. The van der Waals surface area contributed by atoms with Crippen molar-refractivity contribution in [3.05, 3.63) is 60.1 Å². The van der Waals surface area contributed by atoms with Crippen molar-refractivity contribution in [3.8, 4) is 0 Å². The normalized spacial score (nSPS) is 13.3. The summed E-state index contributed by atoms with van der Waals surface area (Å²) in [5, 5.41) is 5.73. The molecule has 0 saturated heterocycles. The summed E-state index contributed by atoms with van der Waals surface area (Å²) in [6, 6.07) is 12.2. The molecule has 0 aliphatic carbocycles. The lowest BCUT2D eigenvalue weighted by atomic mass is 10.0.